The first-order valence-electron chi connectivity index (χ1n) is 22.9. The van der Waals surface area contributed by atoms with Crippen LogP contribution in [0.25, 0.3) is 66.2 Å². The molecule has 0 radical (unpaired) electrons. The molecule has 0 unspecified atom stereocenters. The third kappa shape index (κ3) is 6.28. The number of fused-ring (bicyclic) bond motifs is 12. The zero-order valence-electron chi connectivity index (χ0n) is 39.8. The van der Waals surface area contributed by atoms with Gasteiger partial charge < -0.3 is 13.9 Å². The zero-order chi connectivity index (χ0) is 44.9. The molecule has 11 rings (SSSR count). The Kier molecular flexibility index (Phi) is 9.87. The van der Waals surface area contributed by atoms with Crippen molar-refractivity contribution >= 4 is 49.6 Å². The standard InChI is InChI=1S/C59H56N4O.Pt/c1-31(2)39-26-40(57-61-55-48-24-33(4)35(6)37(8)53(48)54-38(9)36(7)34(5)25-49(54)59(55,13)64-57)28-43(27-39)62-50-20-16-32(3)23-46(50)44-19-18-42(30-52(44)62)63-51-21-17-41(58(10,11)12)29-47(51)45-15-14-22-60-56(45)63;/h14-27,29,31,55H,1-13H3;/q-2;+2/t55-,59+;/m1./s1. The van der Waals surface area contributed by atoms with Crippen molar-refractivity contribution in [3.8, 4) is 22.5 Å². The van der Waals surface area contributed by atoms with E-state index in [1.165, 1.54) is 83.1 Å². The van der Waals surface area contributed by atoms with Gasteiger partial charge in [0.15, 0.2) is 0 Å². The van der Waals surface area contributed by atoms with Crippen molar-refractivity contribution in [2.75, 3.05) is 0 Å². The molecule has 2 atom stereocenters. The van der Waals surface area contributed by atoms with Crippen LogP contribution >= 0.6 is 0 Å². The second-order valence-corrected chi connectivity index (χ2v) is 20.3. The molecule has 0 bridgehead atoms. The van der Waals surface area contributed by atoms with Crippen LogP contribution in [0, 0.1) is 60.6 Å². The predicted molar refractivity (Wildman–Crippen MR) is 266 cm³/mol. The Morgan fingerprint density at radius 3 is 2.11 bits per heavy atom. The molecule has 0 spiro atoms. The Labute approximate surface area is 397 Å². The van der Waals surface area contributed by atoms with Crippen molar-refractivity contribution in [2.45, 2.75) is 113 Å². The summed E-state index contributed by atoms with van der Waals surface area (Å²) in [6, 6.07) is 39.3. The maximum Gasteiger partial charge on any atom is 2.00 e. The third-order valence-electron chi connectivity index (χ3n) is 15.0. The molecule has 9 aromatic rings. The SMILES string of the molecule is Cc1ccc2c(c1)c1ccc(-n3c4ccc(C(C)(C)C)cc4c4cccnc43)[c-]c1n2-c1[c-]c(C2=N[C@@H]3c4cc(C)c(C)c(C)c4-c4c(cc(C)c(C)c4C)[C@]3(C)O2)cc(C(C)C)c1.[Pt+2]. The number of hydrogen-bond donors (Lipinski definition) is 0. The summed E-state index contributed by atoms with van der Waals surface area (Å²) in [5.41, 5.74) is 22.8. The van der Waals surface area contributed by atoms with Gasteiger partial charge in [-0.05, 0) is 164 Å². The number of benzene rings is 6. The zero-order valence-corrected chi connectivity index (χ0v) is 42.1. The third-order valence-corrected chi connectivity index (χ3v) is 15.0. The van der Waals surface area contributed by atoms with Crippen LogP contribution in [0.1, 0.15) is 120 Å². The van der Waals surface area contributed by atoms with E-state index in [1.54, 1.807) is 0 Å². The first kappa shape index (κ1) is 43.1. The summed E-state index contributed by atoms with van der Waals surface area (Å²) >= 11 is 0. The first-order chi connectivity index (χ1) is 30.4. The van der Waals surface area contributed by atoms with Gasteiger partial charge in [0.25, 0.3) is 0 Å². The molecule has 328 valence electrons. The van der Waals surface area contributed by atoms with Crippen LogP contribution in [0.2, 0.25) is 0 Å². The van der Waals surface area contributed by atoms with E-state index in [2.05, 4.69) is 190 Å². The van der Waals surface area contributed by atoms with Crippen LogP contribution in [0.5, 0.6) is 0 Å². The smallest absolute Gasteiger partial charge is 0.508 e. The maximum absolute atomic E-state index is 7.35. The van der Waals surface area contributed by atoms with E-state index < -0.39 is 5.60 Å². The second kappa shape index (κ2) is 14.9. The summed E-state index contributed by atoms with van der Waals surface area (Å²) in [4.78, 5) is 10.6. The van der Waals surface area contributed by atoms with Crippen molar-refractivity contribution in [3.63, 3.8) is 0 Å². The van der Waals surface area contributed by atoms with Gasteiger partial charge in [-0.2, -0.15) is 6.07 Å². The summed E-state index contributed by atoms with van der Waals surface area (Å²) in [7, 11) is 0. The van der Waals surface area contributed by atoms with Gasteiger partial charge in [0.2, 0.25) is 0 Å². The normalized spacial score (nSPS) is 16.8. The van der Waals surface area contributed by atoms with Crippen LogP contribution in [0.15, 0.2) is 96.1 Å². The minimum atomic E-state index is -0.700. The topological polar surface area (TPSA) is 44.3 Å². The fraction of sp³-hybridized carbons (Fsp3) is 0.288. The molecule has 1 aliphatic carbocycles. The number of nitrogens with zero attached hydrogens (tertiary/aromatic N) is 4. The van der Waals surface area contributed by atoms with Crippen molar-refractivity contribution in [1.82, 2.24) is 14.1 Å². The van der Waals surface area contributed by atoms with Gasteiger partial charge in [0.05, 0.1) is 5.52 Å². The van der Waals surface area contributed by atoms with Crippen LogP contribution in [0.3, 0.4) is 0 Å². The van der Waals surface area contributed by atoms with E-state index in [0.717, 1.165) is 49.9 Å². The fourth-order valence-corrected chi connectivity index (χ4v) is 10.8. The molecule has 1 aliphatic heterocycles. The van der Waals surface area contributed by atoms with Crippen molar-refractivity contribution < 1.29 is 25.8 Å². The van der Waals surface area contributed by atoms with Gasteiger partial charge in [0, 0.05) is 28.0 Å². The minimum Gasteiger partial charge on any atom is -0.508 e. The van der Waals surface area contributed by atoms with E-state index in [0.29, 0.717) is 5.90 Å². The monoisotopic (exact) mass is 1030 g/mol. The summed E-state index contributed by atoms with van der Waals surface area (Å²) in [5.74, 6) is 0.876. The van der Waals surface area contributed by atoms with Crippen molar-refractivity contribution in [1.29, 1.82) is 0 Å². The molecule has 0 saturated heterocycles. The molecule has 6 heteroatoms. The van der Waals surface area contributed by atoms with Gasteiger partial charge in [0.1, 0.15) is 23.2 Å². The average molecular weight is 1030 g/mol. The number of hydrogen-bond acceptors (Lipinski definition) is 3. The molecular formula is C59H56N4OPt. The van der Waals surface area contributed by atoms with Gasteiger partial charge in [-0.25, -0.2) is 4.98 Å². The molecule has 6 aromatic carbocycles. The number of pyridine rings is 1. The molecule has 2 aliphatic rings. The Balaban J connectivity index is 0.00000498. The molecule has 0 N–H and O–H groups in total. The van der Waals surface area contributed by atoms with Crippen LogP contribution in [-0.2, 0) is 36.8 Å². The summed E-state index contributed by atoms with van der Waals surface area (Å²) in [6.07, 6.45) is 1.89. The number of aryl methyl sites for hydroxylation is 3. The van der Waals surface area contributed by atoms with Gasteiger partial charge >= 0.3 is 21.1 Å². The Morgan fingerprint density at radius 1 is 0.677 bits per heavy atom. The summed E-state index contributed by atoms with van der Waals surface area (Å²) < 4.78 is 12.0. The van der Waals surface area contributed by atoms with E-state index in [9.17, 15) is 0 Å². The average Bonchev–Trinajstić information content (AvgIpc) is 3.91. The summed E-state index contributed by atoms with van der Waals surface area (Å²) in [6.45, 7) is 29.3. The molecule has 4 heterocycles. The molecule has 65 heavy (non-hydrogen) atoms. The van der Waals surface area contributed by atoms with Crippen molar-refractivity contribution in [3.05, 3.63) is 170 Å². The van der Waals surface area contributed by atoms with E-state index in [4.69, 9.17) is 14.7 Å². The largest absolute Gasteiger partial charge is 2.00 e. The first-order valence-corrected chi connectivity index (χ1v) is 22.9. The molecular weight excluding hydrogens is 976 g/mol. The molecule has 0 saturated carbocycles. The quantitative estimate of drug-likeness (QED) is 0.165. The predicted octanol–water partition coefficient (Wildman–Crippen LogP) is 14.9. The minimum absolute atomic E-state index is 0. The fourth-order valence-electron chi connectivity index (χ4n) is 10.8. The molecule has 0 amide bonds. The van der Waals surface area contributed by atoms with Crippen LogP contribution in [-0.4, -0.2) is 20.0 Å². The Morgan fingerprint density at radius 2 is 1.37 bits per heavy atom. The molecule has 0 fully saturated rings. The molecule has 5 nitrogen and oxygen atoms in total. The van der Waals surface area contributed by atoms with E-state index in [1.807, 2.05) is 12.3 Å². The maximum atomic E-state index is 7.35. The number of ether oxygens (including phenoxy) is 1. The van der Waals surface area contributed by atoms with Crippen LogP contribution < -0.4 is 0 Å². The Hall–Kier alpha value is -5.77. The van der Waals surface area contributed by atoms with E-state index >= 15 is 0 Å². The molecule has 3 aromatic heterocycles. The van der Waals surface area contributed by atoms with Gasteiger partial charge in [-0.1, -0.05) is 87.3 Å². The number of aromatic nitrogens is 3. The van der Waals surface area contributed by atoms with Gasteiger partial charge in [-0.15, -0.1) is 41.3 Å². The van der Waals surface area contributed by atoms with Gasteiger partial charge in [-0.3, -0.25) is 4.99 Å². The van der Waals surface area contributed by atoms with Crippen molar-refractivity contribution in [2.24, 2.45) is 4.99 Å². The second-order valence-electron chi connectivity index (χ2n) is 20.3. The van der Waals surface area contributed by atoms with E-state index in [-0.39, 0.29) is 38.4 Å². The Bertz CT molecular complexity index is 3540. The summed E-state index contributed by atoms with van der Waals surface area (Å²) in [5, 5.41) is 4.65. The van der Waals surface area contributed by atoms with Crippen LogP contribution in [0.4, 0.5) is 0 Å². The number of rotatable bonds is 4. The number of aliphatic imine (C=N–C) groups is 1.